The number of thiophene rings is 1. The molecule has 3 heteroatoms. The molecule has 78 valence electrons. The number of rotatable bonds is 4. The Hall–Kier alpha value is -0.670. The molecule has 0 bridgehead atoms. The van der Waals surface area contributed by atoms with Crippen molar-refractivity contribution in [3.8, 4) is 0 Å². The largest absolute Gasteiger partial charge is 0.319 e. The van der Waals surface area contributed by atoms with Crippen LogP contribution in [0.5, 0.6) is 0 Å². The first-order chi connectivity index (χ1) is 6.47. The zero-order valence-electron chi connectivity index (χ0n) is 8.96. The Kier molecular flexibility index (Phi) is 3.45. The standard InChI is InChI=1S/C11H17NOS/c1-4-5-11(3,12)10(13)9-6-8(2)14-7-9/h6-7H,4-5,12H2,1-3H3. The van der Waals surface area contributed by atoms with Gasteiger partial charge in [-0.1, -0.05) is 13.3 Å². The number of carbonyl (C=O) groups excluding carboxylic acids is 1. The highest BCUT2D eigenvalue weighted by Crippen LogP contribution is 2.20. The molecule has 2 N–H and O–H groups in total. The normalized spacial score (nSPS) is 15.1. The van der Waals surface area contributed by atoms with Crippen LogP contribution in [0.4, 0.5) is 0 Å². The summed E-state index contributed by atoms with van der Waals surface area (Å²) in [5.41, 5.74) is 6.02. The van der Waals surface area contributed by atoms with Crippen molar-refractivity contribution < 1.29 is 4.79 Å². The summed E-state index contributed by atoms with van der Waals surface area (Å²) >= 11 is 1.59. The Morgan fingerprint density at radius 3 is 2.71 bits per heavy atom. The maximum atomic E-state index is 12.0. The number of nitrogens with two attached hydrogens (primary N) is 1. The van der Waals surface area contributed by atoms with E-state index in [0.717, 1.165) is 23.3 Å². The van der Waals surface area contributed by atoms with Gasteiger partial charge in [0.1, 0.15) is 0 Å². The lowest BCUT2D eigenvalue weighted by Gasteiger charge is -2.21. The third-order valence-corrected chi connectivity index (χ3v) is 3.14. The lowest BCUT2D eigenvalue weighted by molar-refractivity contribution is 0.0893. The molecule has 1 aromatic rings. The average Bonchev–Trinajstić information content (AvgIpc) is 2.50. The van der Waals surface area contributed by atoms with Gasteiger partial charge in [0, 0.05) is 15.8 Å². The molecular formula is C11H17NOS. The Balaban J connectivity index is 2.84. The topological polar surface area (TPSA) is 43.1 Å². The minimum atomic E-state index is -0.706. The van der Waals surface area contributed by atoms with Gasteiger partial charge < -0.3 is 5.73 Å². The van der Waals surface area contributed by atoms with Gasteiger partial charge in [-0.25, -0.2) is 0 Å². The molecule has 1 heterocycles. The zero-order chi connectivity index (χ0) is 10.8. The fraction of sp³-hybridized carbons (Fsp3) is 0.545. The van der Waals surface area contributed by atoms with E-state index >= 15 is 0 Å². The molecule has 0 aliphatic carbocycles. The van der Waals surface area contributed by atoms with Crippen molar-refractivity contribution in [2.24, 2.45) is 5.73 Å². The summed E-state index contributed by atoms with van der Waals surface area (Å²) in [4.78, 5) is 13.1. The van der Waals surface area contributed by atoms with E-state index in [1.807, 2.05) is 32.2 Å². The van der Waals surface area contributed by atoms with Crippen molar-refractivity contribution in [2.45, 2.75) is 39.2 Å². The molecule has 0 radical (unpaired) electrons. The fourth-order valence-corrected chi connectivity index (χ4v) is 2.21. The van der Waals surface area contributed by atoms with Crippen molar-refractivity contribution in [1.82, 2.24) is 0 Å². The number of carbonyl (C=O) groups is 1. The van der Waals surface area contributed by atoms with Crippen molar-refractivity contribution in [2.75, 3.05) is 0 Å². The van der Waals surface area contributed by atoms with Crippen LogP contribution in [0.1, 0.15) is 41.9 Å². The Morgan fingerprint density at radius 2 is 2.29 bits per heavy atom. The Morgan fingerprint density at radius 1 is 1.64 bits per heavy atom. The molecule has 0 fully saturated rings. The van der Waals surface area contributed by atoms with E-state index in [1.54, 1.807) is 11.3 Å². The number of aryl methyl sites for hydroxylation is 1. The lowest BCUT2D eigenvalue weighted by Crippen LogP contribution is -2.44. The average molecular weight is 211 g/mol. The molecule has 2 nitrogen and oxygen atoms in total. The highest BCUT2D eigenvalue weighted by atomic mass is 32.1. The third kappa shape index (κ3) is 2.42. The molecule has 1 unspecified atom stereocenters. The van der Waals surface area contributed by atoms with E-state index in [2.05, 4.69) is 0 Å². The van der Waals surface area contributed by atoms with Gasteiger partial charge in [0.25, 0.3) is 0 Å². The zero-order valence-corrected chi connectivity index (χ0v) is 9.78. The van der Waals surface area contributed by atoms with Gasteiger partial charge in [-0.3, -0.25) is 4.79 Å². The minimum Gasteiger partial charge on any atom is -0.319 e. The minimum absolute atomic E-state index is 0.0590. The first-order valence-electron chi connectivity index (χ1n) is 4.86. The van der Waals surface area contributed by atoms with Crippen molar-refractivity contribution in [3.63, 3.8) is 0 Å². The molecule has 14 heavy (non-hydrogen) atoms. The van der Waals surface area contributed by atoms with Crippen LogP contribution in [-0.2, 0) is 0 Å². The monoisotopic (exact) mass is 211 g/mol. The van der Waals surface area contributed by atoms with Gasteiger partial charge in [-0.15, -0.1) is 11.3 Å². The number of Topliss-reactive ketones (excluding diaryl/α,β-unsaturated/α-hetero) is 1. The maximum Gasteiger partial charge on any atom is 0.183 e. The van der Waals surface area contributed by atoms with Crippen LogP contribution in [-0.4, -0.2) is 11.3 Å². The molecule has 0 saturated heterocycles. The van der Waals surface area contributed by atoms with Crippen molar-refractivity contribution in [1.29, 1.82) is 0 Å². The second-order valence-electron chi connectivity index (χ2n) is 3.94. The molecule has 0 amide bonds. The highest BCUT2D eigenvalue weighted by molar-refractivity contribution is 7.10. The van der Waals surface area contributed by atoms with Gasteiger partial charge in [-0.05, 0) is 26.3 Å². The first kappa shape index (κ1) is 11.4. The molecule has 0 aromatic carbocycles. The van der Waals surface area contributed by atoms with Gasteiger partial charge in [0.15, 0.2) is 5.78 Å². The van der Waals surface area contributed by atoms with Crippen LogP contribution in [0.15, 0.2) is 11.4 Å². The summed E-state index contributed by atoms with van der Waals surface area (Å²) in [7, 11) is 0. The van der Waals surface area contributed by atoms with E-state index in [-0.39, 0.29) is 5.78 Å². The SMILES string of the molecule is CCCC(C)(N)C(=O)c1csc(C)c1. The molecule has 1 rings (SSSR count). The first-order valence-corrected chi connectivity index (χ1v) is 5.74. The Labute approximate surface area is 89.1 Å². The smallest absolute Gasteiger partial charge is 0.183 e. The summed E-state index contributed by atoms with van der Waals surface area (Å²) in [5.74, 6) is 0.0590. The summed E-state index contributed by atoms with van der Waals surface area (Å²) < 4.78 is 0. The number of ketones is 1. The van der Waals surface area contributed by atoms with E-state index in [1.165, 1.54) is 0 Å². The van der Waals surface area contributed by atoms with Crippen LogP contribution in [0.25, 0.3) is 0 Å². The maximum absolute atomic E-state index is 12.0. The van der Waals surface area contributed by atoms with Gasteiger partial charge in [0.2, 0.25) is 0 Å². The number of hydrogen-bond donors (Lipinski definition) is 1. The quantitative estimate of drug-likeness (QED) is 0.778. The highest BCUT2D eigenvalue weighted by Gasteiger charge is 2.28. The molecule has 0 spiro atoms. The Bertz CT molecular complexity index is 328. The van der Waals surface area contributed by atoms with Crippen LogP contribution in [0.3, 0.4) is 0 Å². The van der Waals surface area contributed by atoms with E-state index in [0.29, 0.717) is 0 Å². The number of hydrogen-bond acceptors (Lipinski definition) is 3. The molecule has 1 atom stereocenters. The molecule has 0 aliphatic rings. The van der Waals surface area contributed by atoms with E-state index in [9.17, 15) is 4.79 Å². The summed E-state index contributed by atoms with van der Waals surface area (Å²) in [6.45, 7) is 5.85. The predicted molar refractivity (Wildman–Crippen MR) is 60.9 cm³/mol. The van der Waals surface area contributed by atoms with Gasteiger partial charge >= 0.3 is 0 Å². The molecule has 0 saturated carbocycles. The van der Waals surface area contributed by atoms with Crippen LogP contribution in [0.2, 0.25) is 0 Å². The van der Waals surface area contributed by atoms with E-state index < -0.39 is 5.54 Å². The molecule has 1 aromatic heterocycles. The van der Waals surface area contributed by atoms with Crippen LogP contribution < -0.4 is 5.73 Å². The second kappa shape index (κ2) is 4.24. The molecule has 0 aliphatic heterocycles. The van der Waals surface area contributed by atoms with E-state index in [4.69, 9.17) is 5.73 Å². The second-order valence-corrected chi connectivity index (χ2v) is 5.06. The van der Waals surface area contributed by atoms with Crippen molar-refractivity contribution in [3.05, 3.63) is 21.9 Å². The van der Waals surface area contributed by atoms with Gasteiger partial charge in [0.05, 0.1) is 5.54 Å². The van der Waals surface area contributed by atoms with Crippen molar-refractivity contribution >= 4 is 17.1 Å². The summed E-state index contributed by atoms with van der Waals surface area (Å²) in [6.07, 6.45) is 1.67. The van der Waals surface area contributed by atoms with Crippen LogP contribution in [0, 0.1) is 6.92 Å². The summed E-state index contributed by atoms with van der Waals surface area (Å²) in [5, 5.41) is 1.89. The van der Waals surface area contributed by atoms with Gasteiger partial charge in [-0.2, -0.15) is 0 Å². The lowest BCUT2D eigenvalue weighted by atomic mass is 9.89. The predicted octanol–water partition coefficient (Wildman–Crippen LogP) is 2.76. The fourth-order valence-electron chi connectivity index (χ4n) is 1.53. The summed E-state index contributed by atoms with van der Waals surface area (Å²) in [6, 6.07) is 1.91. The van der Waals surface area contributed by atoms with Crippen LogP contribution >= 0.6 is 11.3 Å². The molecular weight excluding hydrogens is 194 g/mol. The third-order valence-electron chi connectivity index (χ3n) is 2.28.